The van der Waals surface area contributed by atoms with Crippen molar-refractivity contribution < 1.29 is 9.53 Å². The van der Waals surface area contributed by atoms with Gasteiger partial charge >= 0.3 is 0 Å². The minimum absolute atomic E-state index is 0.0290. The summed E-state index contributed by atoms with van der Waals surface area (Å²) in [6.45, 7) is 3.64. The molecule has 3 fully saturated rings. The highest BCUT2D eigenvalue weighted by Gasteiger charge is 2.43. The summed E-state index contributed by atoms with van der Waals surface area (Å²) in [6.07, 6.45) is 6.24. The van der Waals surface area contributed by atoms with Gasteiger partial charge in [-0.05, 0) is 60.8 Å². The van der Waals surface area contributed by atoms with E-state index >= 15 is 0 Å². The first kappa shape index (κ1) is 18.7. The Labute approximate surface area is 187 Å². The summed E-state index contributed by atoms with van der Waals surface area (Å²) in [4.78, 5) is 19.9. The van der Waals surface area contributed by atoms with Gasteiger partial charge in [-0.1, -0.05) is 6.07 Å². The van der Waals surface area contributed by atoms with E-state index in [1.165, 1.54) is 30.5 Å². The predicted octanol–water partition coefficient (Wildman–Crippen LogP) is 2.28. The number of aromatic nitrogens is 1. The molecule has 4 aliphatic heterocycles. The Morgan fingerprint density at radius 2 is 2.06 bits per heavy atom. The van der Waals surface area contributed by atoms with Crippen molar-refractivity contribution in [2.45, 2.75) is 49.7 Å². The molecule has 7 nitrogen and oxygen atoms in total. The molecule has 32 heavy (non-hydrogen) atoms. The first-order chi connectivity index (χ1) is 15.7. The maximum Gasteiger partial charge on any atom is 0.253 e. The summed E-state index contributed by atoms with van der Waals surface area (Å²) in [5, 5.41) is 10.2. The Balaban J connectivity index is 1.03. The Bertz CT molecular complexity index is 1080. The Hall–Kier alpha value is -2.80. The second kappa shape index (κ2) is 7.10. The smallest absolute Gasteiger partial charge is 0.253 e. The van der Waals surface area contributed by atoms with Gasteiger partial charge in [-0.3, -0.25) is 4.79 Å². The number of piperazine rings is 1. The minimum Gasteiger partial charge on any atom is -0.491 e. The molecule has 1 aromatic heterocycles. The molecule has 1 aliphatic carbocycles. The first-order valence-electron chi connectivity index (χ1n) is 12.0. The molecule has 5 aliphatic rings. The Kier molecular flexibility index (Phi) is 4.16. The largest absolute Gasteiger partial charge is 0.491 e. The molecular formula is C25H29N5O2. The van der Waals surface area contributed by atoms with Gasteiger partial charge < -0.3 is 25.6 Å². The van der Waals surface area contributed by atoms with Gasteiger partial charge in [0.1, 0.15) is 18.2 Å². The van der Waals surface area contributed by atoms with E-state index in [1.54, 1.807) is 6.20 Å². The average molecular weight is 432 g/mol. The summed E-state index contributed by atoms with van der Waals surface area (Å²) >= 11 is 0. The van der Waals surface area contributed by atoms with E-state index in [-0.39, 0.29) is 11.9 Å². The fourth-order valence-corrected chi connectivity index (χ4v) is 6.05. The summed E-state index contributed by atoms with van der Waals surface area (Å²) in [5.74, 6) is 3.14. The highest BCUT2D eigenvalue weighted by Crippen LogP contribution is 2.52. The normalized spacial score (nSPS) is 31.5. The molecular weight excluding hydrogens is 402 g/mol. The first-order valence-corrected chi connectivity index (χ1v) is 12.0. The SMILES string of the molecule is O=C(N[C@H]1COc2cc(N3CC4CCC(C3)N4)ccc2C1)c1cnc2c(c1)[C@H]1CC1CN2. The van der Waals surface area contributed by atoms with Crippen molar-refractivity contribution in [2.24, 2.45) is 5.92 Å². The molecule has 2 bridgehead atoms. The van der Waals surface area contributed by atoms with Gasteiger partial charge in [0.25, 0.3) is 5.91 Å². The molecule has 166 valence electrons. The number of nitrogens with one attached hydrogen (secondary N) is 3. The molecule has 7 heteroatoms. The third kappa shape index (κ3) is 3.22. The minimum atomic E-state index is -0.0620. The van der Waals surface area contributed by atoms with Crippen molar-refractivity contribution in [3.63, 3.8) is 0 Å². The third-order valence-corrected chi connectivity index (χ3v) is 7.91. The third-order valence-electron chi connectivity index (χ3n) is 7.91. The van der Waals surface area contributed by atoms with Crippen LogP contribution in [0.5, 0.6) is 5.75 Å². The van der Waals surface area contributed by atoms with E-state index in [0.29, 0.717) is 36.1 Å². The van der Waals surface area contributed by atoms with Crippen LogP contribution in [-0.4, -0.2) is 55.3 Å². The van der Waals surface area contributed by atoms with Gasteiger partial charge in [-0.2, -0.15) is 0 Å². The molecule has 2 aromatic rings. The number of anilines is 2. The fourth-order valence-electron chi connectivity index (χ4n) is 6.05. The van der Waals surface area contributed by atoms with Crippen LogP contribution in [0, 0.1) is 5.92 Å². The molecule has 0 radical (unpaired) electrons. The van der Waals surface area contributed by atoms with E-state index < -0.39 is 0 Å². The quantitative estimate of drug-likeness (QED) is 0.692. The molecule has 2 saturated heterocycles. The molecule has 1 amide bonds. The van der Waals surface area contributed by atoms with Gasteiger partial charge in [-0.15, -0.1) is 0 Å². The number of rotatable bonds is 3. The molecule has 1 saturated carbocycles. The van der Waals surface area contributed by atoms with E-state index in [1.807, 2.05) is 6.07 Å². The van der Waals surface area contributed by atoms with E-state index in [2.05, 4.69) is 44.0 Å². The van der Waals surface area contributed by atoms with Gasteiger partial charge in [0, 0.05) is 49.7 Å². The van der Waals surface area contributed by atoms with E-state index in [0.717, 1.165) is 43.2 Å². The van der Waals surface area contributed by atoms with Gasteiger partial charge in [-0.25, -0.2) is 4.98 Å². The summed E-state index contributed by atoms with van der Waals surface area (Å²) < 4.78 is 6.11. The number of hydrogen-bond acceptors (Lipinski definition) is 6. The number of ether oxygens (including phenoxy) is 1. The summed E-state index contributed by atoms with van der Waals surface area (Å²) in [5.41, 5.74) is 4.26. The topological polar surface area (TPSA) is 78.5 Å². The van der Waals surface area contributed by atoms with Crippen LogP contribution in [0.3, 0.4) is 0 Å². The average Bonchev–Trinajstić information content (AvgIpc) is 3.55. The number of fused-ring (bicyclic) bond motifs is 6. The molecule has 3 unspecified atom stereocenters. The van der Waals surface area contributed by atoms with Crippen LogP contribution in [0.1, 0.15) is 46.7 Å². The lowest BCUT2D eigenvalue weighted by Gasteiger charge is -2.35. The molecule has 1 aromatic carbocycles. The van der Waals surface area contributed by atoms with Crippen LogP contribution in [0.15, 0.2) is 30.5 Å². The Morgan fingerprint density at radius 3 is 2.94 bits per heavy atom. The van der Waals surface area contributed by atoms with Crippen LogP contribution in [0.2, 0.25) is 0 Å². The van der Waals surface area contributed by atoms with Crippen LogP contribution in [0.4, 0.5) is 11.5 Å². The highest BCUT2D eigenvalue weighted by molar-refractivity contribution is 5.94. The number of benzene rings is 1. The zero-order chi connectivity index (χ0) is 21.2. The predicted molar refractivity (Wildman–Crippen MR) is 123 cm³/mol. The lowest BCUT2D eigenvalue weighted by atomic mass is 10.0. The van der Waals surface area contributed by atoms with Crippen LogP contribution in [0.25, 0.3) is 0 Å². The molecule has 7 rings (SSSR count). The van der Waals surface area contributed by atoms with Crippen molar-refractivity contribution in [2.75, 3.05) is 36.5 Å². The van der Waals surface area contributed by atoms with Crippen LogP contribution in [-0.2, 0) is 6.42 Å². The van der Waals surface area contributed by atoms with Crippen molar-refractivity contribution in [3.8, 4) is 5.75 Å². The van der Waals surface area contributed by atoms with Gasteiger partial charge in [0.05, 0.1) is 11.6 Å². The number of hydrogen-bond donors (Lipinski definition) is 3. The lowest BCUT2D eigenvalue weighted by Crippen LogP contribution is -2.51. The molecule has 5 atom stereocenters. The van der Waals surface area contributed by atoms with Crippen molar-refractivity contribution in [1.29, 1.82) is 0 Å². The second-order valence-electron chi connectivity index (χ2n) is 10.2. The second-order valence-corrected chi connectivity index (χ2v) is 10.2. The number of pyridine rings is 1. The van der Waals surface area contributed by atoms with E-state index in [9.17, 15) is 4.79 Å². The van der Waals surface area contributed by atoms with Crippen LogP contribution >= 0.6 is 0 Å². The maximum atomic E-state index is 12.9. The van der Waals surface area contributed by atoms with Gasteiger partial charge in [0.2, 0.25) is 0 Å². The van der Waals surface area contributed by atoms with Crippen molar-refractivity contribution in [3.05, 3.63) is 47.2 Å². The Morgan fingerprint density at radius 1 is 1.19 bits per heavy atom. The molecule has 0 spiro atoms. The number of amides is 1. The lowest BCUT2D eigenvalue weighted by molar-refractivity contribution is 0.0915. The highest BCUT2D eigenvalue weighted by atomic mass is 16.5. The zero-order valence-electron chi connectivity index (χ0n) is 18.1. The fraction of sp³-hybridized carbons (Fsp3) is 0.520. The molecule has 3 N–H and O–H groups in total. The van der Waals surface area contributed by atoms with Crippen molar-refractivity contribution >= 4 is 17.4 Å². The number of carbonyl (C=O) groups is 1. The summed E-state index contributed by atoms with van der Waals surface area (Å²) in [7, 11) is 0. The number of carbonyl (C=O) groups excluding carboxylic acids is 1. The van der Waals surface area contributed by atoms with Crippen molar-refractivity contribution in [1.82, 2.24) is 15.6 Å². The zero-order valence-corrected chi connectivity index (χ0v) is 18.1. The monoisotopic (exact) mass is 431 g/mol. The maximum absolute atomic E-state index is 12.9. The van der Waals surface area contributed by atoms with E-state index in [4.69, 9.17) is 4.74 Å². The van der Waals surface area contributed by atoms with Crippen LogP contribution < -0.4 is 25.6 Å². The number of nitrogens with zero attached hydrogens (tertiary/aromatic N) is 2. The molecule has 5 heterocycles. The summed E-state index contributed by atoms with van der Waals surface area (Å²) in [6, 6.07) is 9.80. The standard InChI is InChI=1S/C25H29N5O2/c31-25(16-7-22-21-6-15(21)9-26-24(22)27-10-16)29-19-5-14-1-4-20(8-23(14)32-13-19)30-11-17-2-3-18(12-30)28-17/h1,4,7-8,10,15,17-19,21,28H,2-3,5-6,9,11-13H2,(H,26,27)(H,29,31)/t15?,17?,18?,19-,21+/m1/s1. The van der Waals surface area contributed by atoms with Gasteiger partial charge in [0.15, 0.2) is 0 Å².